The molecule has 0 amide bonds. The second-order valence-electron chi connectivity index (χ2n) is 4.34. The number of fused-ring (bicyclic) bond motifs is 2. The minimum Gasteiger partial charge on any atom is -0.299 e. The van der Waals surface area contributed by atoms with Crippen LogP contribution in [-0.2, 0) is 0 Å². The van der Waals surface area contributed by atoms with Crippen molar-refractivity contribution in [3.8, 4) is 0 Å². The molecule has 2 heterocycles. The van der Waals surface area contributed by atoms with E-state index in [-0.39, 0.29) is 0 Å². The Kier molecular flexibility index (Phi) is 3.99. The lowest BCUT2D eigenvalue weighted by atomic mass is 10.3. The first-order chi connectivity index (χ1) is 7.24. The molecule has 2 aliphatic heterocycles. The molecule has 5 heteroatoms. The molecule has 0 aromatic carbocycles. The maximum Gasteiger partial charge on any atom is 0.0542 e. The van der Waals surface area contributed by atoms with Crippen molar-refractivity contribution in [1.29, 1.82) is 0 Å². The lowest BCUT2D eigenvalue weighted by Crippen LogP contribution is -2.59. The van der Waals surface area contributed by atoms with Gasteiger partial charge in [-0.25, -0.2) is 0 Å². The summed E-state index contributed by atoms with van der Waals surface area (Å²) in [4.78, 5) is 7.34. The van der Waals surface area contributed by atoms with Gasteiger partial charge in [-0.05, 0) is 6.42 Å². The number of hydrogen-bond acceptors (Lipinski definition) is 4. The SMILES string of the molecule is C=C(Cl)CNCN1CN2CCCN(C2)C1. The summed E-state index contributed by atoms with van der Waals surface area (Å²) in [5.74, 6) is 0. The molecular formula is C10H19ClN4. The van der Waals surface area contributed by atoms with Gasteiger partial charge in [0.1, 0.15) is 0 Å². The van der Waals surface area contributed by atoms with E-state index in [1.54, 1.807) is 0 Å². The summed E-state index contributed by atoms with van der Waals surface area (Å²) in [6, 6.07) is 0. The molecule has 0 saturated carbocycles. The molecule has 2 aliphatic rings. The van der Waals surface area contributed by atoms with E-state index >= 15 is 0 Å². The summed E-state index contributed by atoms with van der Waals surface area (Å²) in [5.41, 5.74) is 0. The Morgan fingerprint density at radius 3 is 2.47 bits per heavy atom. The van der Waals surface area contributed by atoms with Crippen LogP contribution >= 0.6 is 11.6 Å². The highest BCUT2D eigenvalue weighted by molar-refractivity contribution is 6.29. The first-order valence-corrected chi connectivity index (χ1v) is 5.83. The molecule has 0 aliphatic carbocycles. The molecule has 1 N–H and O–H groups in total. The van der Waals surface area contributed by atoms with Crippen LogP contribution in [0.4, 0.5) is 0 Å². The van der Waals surface area contributed by atoms with Crippen LogP contribution in [0, 0.1) is 0 Å². The number of nitrogens with zero attached hydrogens (tertiary/aromatic N) is 3. The molecule has 2 atom stereocenters. The van der Waals surface area contributed by atoms with Crippen LogP contribution in [0.1, 0.15) is 6.42 Å². The van der Waals surface area contributed by atoms with Crippen molar-refractivity contribution in [2.24, 2.45) is 0 Å². The first-order valence-electron chi connectivity index (χ1n) is 5.45. The largest absolute Gasteiger partial charge is 0.299 e. The van der Waals surface area contributed by atoms with Gasteiger partial charge in [-0.15, -0.1) is 0 Å². The molecule has 4 nitrogen and oxygen atoms in total. The zero-order valence-electron chi connectivity index (χ0n) is 9.08. The van der Waals surface area contributed by atoms with Crippen LogP contribution in [0.15, 0.2) is 11.6 Å². The van der Waals surface area contributed by atoms with E-state index in [4.69, 9.17) is 11.6 Å². The molecule has 2 rings (SSSR count). The van der Waals surface area contributed by atoms with Crippen LogP contribution in [0.5, 0.6) is 0 Å². The Hall–Kier alpha value is -0.130. The van der Waals surface area contributed by atoms with Crippen molar-refractivity contribution < 1.29 is 0 Å². The minimum absolute atomic E-state index is 0.674. The van der Waals surface area contributed by atoms with Crippen LogP contribution in [0.25, 0.3) is 0 Å². The van der Waals surface area contributed by atoms with Crippen LogP contribution in [-0.4, -0.2) is 61.0 Å². The number of rotatable bonds is 4. The Morgan fingerprint density at radius 1 is 1.20 bits per heavy atom. The number of halogens is 1. The quantitative estimate of drug-likeness (QED) is 0.759. The highest BCUT2D eigenvalue weighted by Crippen LogP contribution is 2.12. The van der Waals surface area contributed by atoms with Crippen molar-refractivity contribution >= 4 is 11.6 Å². The fourth-order valence-corrected chi connectivity index (χ4v) is 2.33. The van der Waals surface area contributed by atoms with Gasteiger partial charge in [0.05, 0.1) is 26.7 Å². The van der Waals surface area contributed by atoms with Crippen molar-refractivity contribution in [3.05, 3.63) is 11.6 Å². The highest BCUT2D eigenvalue weighted by atomic mass is 35.5. The van der Waals surface area contributed by atoms with E-state index in [0.717, 1.165) is 26.7 Å². The average molecular weight is 231 g/mol. The van der Waals surface area contributed by atoms with E-state index in [1.165, 1.54) is 19.5 Å². The third-order valence-corrected chi connectivity index (χ3v) is 2.93. The van der Waals surface area contributed by atoms with E-state index in [9.17, 15) is 0 Å². The maximum atomic E-state index is 5.69. The zero-order chi connectivity index (χ0) is 10.7. The van der Waals surface area contributed by atoms with Crippen molar-refractivity contribution in [1.82, 2.24) is 20.0 Å². The van der Waals surface area contributed by atoms with Gasteiger partial charge in [0, 0.05) is 24.7 Å². The summed E-state index contributed by atoms with van der Waals surface area (Å²) >= 11 is 5.69. The smallest absolute Gasteiger partial charge is 0.0542 e. The minimum atomic E-state index is 0.674. The predicted molar refractivity (Wildman–Crippen MR) is 62.3 cm³/mol. The van der Waals surface area contributed by atoms with Gasteiger partial charge in [0.25, 0.3) is 0 Å². The van der Waals surface area contributed by atoms with Crippen molar-refractivity contribution in [2.45, 2.75) is 6.42 Å². The molecule has 2 unspecified atom stereocenters. The van der Waals surface area contributed by atoms with Gasteiger partial charge in [-0.3, -0.25) is 20.0 Å². The van der Waals surface area contributed by atoms with Gasteiger partial charge in [-0.1, -0.05) is 18.2 Å². The van der Waals surface area contributed by atoms with Gasteiger partial charge in [-0.2, -0.15) is 0 Å². The third-order valence-electron chi connectivity index (χ3n) is 2.80. The summed E-state index contributed by atoms with van der Waals surface area (Å²) in [6.45, 7) is 11.0. The molecule has 2 saturated heterocycles. The van der Waals surface area contributed by atoms with Gasteiger partial charge < -0.3 is 0 Å². The maximum absolute atomic E-state index is 5.69. The second kappa shape index (κ2) is 5.27. The Bertz CT molecular complexity index is 221. The molecule has 15 heavy (non-hydrogen) atoms. The monoisotopic (exact) mass is 230 g/mol. The van der Waals surface area contributed by atoms with E-state index < -0.39 is 0 Å². The summed E-state index contributed by atoms with van der Waals surface area (Å²) in [6.07, 6.45) is 1.31. The van der Waals surface area contributed by atoms with E-state index in [0.29, 0.717) is 11.6 Å². The fourth-order valence-electron chi connectivity index (χ4n) is 2.23. The van der Waals surface area contributed by atoms with E-state index in [2.05, 4.69) is 26.6 Å². The second-order valence-corrected chi connectivity index (χ2v) is 4.87. The molecule has 86 valence electrons. The van der Waals surface area contributed by atoms with Gasteiger partial charge in [0.15, 0.2) is 0 Å². The number of nitrogens with one attached hydrogen (secondary N) is 1. The standard InChI is InChI=1S/C10H19ClN4/c1-10(11)5-12-6-15-8-13-3-2-4-14(7-13)9-15/h12H,1-9H2. The summed E-state index contributed by atoms with van der Waals surface area (Å²) < 4.78 is 0. The van der Waals surface area contributed by atoms with Crippen LogP contribution < -0.4 is 5.32 Å². The van der Waals surface area contributed by atoms with Crippen LogP contribution in [0.2, 0.25) is 0 Å². The molecule has 0 aromatic heterocycles. The summed E-state index contributed by atoms with van der Waals surface area (Å²) in [5, 5.41) is 3.96. The Balaban J connectivity index is 1.72. The average Bonchev–Trinajstić information content (AvgIpc) is 2.16. The molecular weight excluding hydrogens is 212 g/mol. The highest BCUT2D eigenvalue weighted by Gasteiger charge is 2.25. The molecule has 0 aromatic rings. The topological polar surface area (TPSA) is 21.8 Å². The Morgan fingerprint density at radius 2 is 1.87 bits per heavy atom. The predicted octanol–water partition coefficient (Wildman–Crippen LogP) is 0.482. The third kappa shape index (κ3) is 3.43. The van der Waals surface area contributed by atoms with Crippen molar-refractivity contribution in [3.63, 3.8) is 0 Å². The Labute approximate surface area is 96.5 Å². The molecule has 2 fully saturated rings. The van der Waals surface area contributed by atoms with Crippen molar-refractivity contribution in [2.75, 3.05) is 46.3 Å². The van der Waals surface area contributed by atoms with E-state index in [1.807, 2.05) is 0 Å². The lowest BCUT2D eigenvalue weighted by Gasteiger charge is -2.45. The molecule has 0 radical (unpaired) electrons. The zero-order valence-corrected chi connectivity index (χ0v) is 9.84. The van der Waals surface area contributed by atoms with Gasteiger partial charge >= 0.3 is 0 Å². The first kappa shape index (κ1) is 11.4. The molecule has 2 bridgehead atoms. The molecule has 0 spiro atoms. The fraction of sp³-hybridized carbons (Fsp3) is 0.800. The lowest BCUT2D eigenvalue weighted by molar-refractivity contribution is -0.0579. The normalized spacial score (nSPS) is 31.5. The van der Waals surface area contributed by atoms with Crippen LogP contribution in [0.3, 0.4) is 0 Å². The summed E-state index contributed by atoms with van der Waals surface area (Å²) in [7, 11) is 0. The number of hydrogen-bond donors (Lipinski definition) is 1. The van der Waals surface area contributed by atoms with Gasteiger partial charge in [0.2, 0.25) is 0 Å².